The molecule has 0 atom stereocenters. The van der Waals surface area contributed by atoms with E-state index in [4.69, 9.17) is 0 Å². The van der Waals surface area contributed by atoms with Crippen LogP contribution >= 0.6 is 11.3 Å². The number of nitrogens with one attached hydrogen (secondary N) is 1. The summed E-state index contributed by atoms with van der Waals surface area (Å²) in [4.78, 5) is 29.0. The first-order chi connectivity index (χ1) is 11.3. The maximum absolute atomic E-state index is 12.2. The van der Waals surface area contributed by atoms with Crippen molar-refractivity contribution >= 4 is 28.6 Å². The van der Waals surface area contributed by atoms with E-state index in [1.807, 2.05) is 5.38 Å². The number of carbonyl (C=O) groups is 1. The van der Waals surface area contributed by atoms with Crippen molar-refractivity contribution in [3.63, 3.8) is 0 Å². The number of carbonyl (C=O) groups excluding carboxylic acids is 1. The number of amides is 1. The molecule has 0 saturated carbocycles. The first kappa shape index (κ1) is 17.9. The van der Waals surface area contributed by atoms with Crippen LogP contribution in [0.15, 0.2) is 23.6 Å². The minimum absolute atomic E-state index is 0.0935. The molecule has 0 fully saturated rings. The fourth-order valence-corrected chi connectivity index (χ4v) is 3.01. The summed E-state index contributed by atoms with van der Waals surface area (Å²) in [5.74, 6) is -0.0170. The smallest absolute Gasteiger partial charge is 0.293 e. The Morgan fingerprint density at radius 2 is 2.12 bits per heavy atom. The number of aromatic nitrogens is 1. The van der Waals surface area contributed by atoms with Gasteiger partial charge in [0.05, 0.1) is 17.2 Å². The molecule has 8 heteroatoms. The van der Waals surface area contributed by atoms with Gasteiger partial charge in [-0.3, -0.25) is 14.9 Å². The molecule has 0 spiro atoms. The van der Waals surface area contributed by atoms with Crippen LogP contribution in [0.3, 0.4) is 0 Å². The van der Waals surface area contributed by atoms with Gasteiger partial charge in [-0.25, -0.2) is 4.98 Å². The molecule has 2 aromatic rings. The van der Waals surface area contributed by atoms with Crippen LogP contribution in [0.25, 0.3) is 0 Å². The second-order valence-electron chi connectivity index (χ2n) is 5.86. The number of hydrogen-bond acceptors (Lipinski definition) is 6. The molecular formula is C16H20N4O3S. The monoisotopic (exact) mass is 348 g/mol. The van der Waals surface area contributed by atoms with Gasteiger partial charge >= 0.3 is 0 Å². The zero-order valence-corrected chi connectivity index (χ0v) is 14.9. The molecule has 0 aliphatic rings. The molecule has 1 heterocycles. The molecule has 0 radical (unpaired) electrons. The number of nitrogens with zero attached hydrogens (tertiary/aromatic N) is 3. The number of nitro groups is 1. The number of hydrogen-bond donors (Lipinski definition) is 1. The van der Waals surface area contributed by atoms with Crippen LogP contribution in [0.4, 0.5) is 11.4 Å². The lowest BCUT2D eigenvalue weighted by molar-refractivity contribution is -0.384. The fourth-order valence-electron chi connectivity index (χ4n) is 2.12. The fraction of sp³-hybridized carbons (Fsp3) is 0.375. The van der Waals surface area contributed by atoms with Gasteiger partial charge in [-0.1, -0.05) is 13.8 Å². The van der Waals surface area contributed by atoms with Gasteiger partial charge in [0.25, 0.3) is 11.6 Å². The summed E-state index contributed by atoms with van der Waals surface area (Å²) in [6, 6.07) is 4.46. The van der Waals surface area contributed by atoms with E-state index < -0.39 is 4.92 Å². The zero-order valence-electron chi connectivity index (χ0n) is 14.1. The molecule has 0 saturated heterocycles. The van der Waals surface area contributed by atoms with Crippen LogP contribution < -0.4 is 10.2 Å². The van der Waals surface area contributed by atoms with Crippen molar-refractivity contribution in [1.82, 2.24) is 10.3 Å². The third-order valence-corrected chi connectivity index (χ3v) is 4.34. The van der Waals surface area contributed by atoms with Gasteiger partial charge in [-0.05, 0) is 18.1 Å². The van der Waals surface area contributed by atoms with Gasteiger partial charge in [0.2, 0.25) is 0 Å². The zero-order chi connectivity index (χ0) is 17.9. The van der Waals surface area contributed by atoms with Crippen molar-refractivity contribution in [3.8, 4) is 0 Å². The maximum atomic E-state index is 12.2. The van der Waals surface area contributed by atoms with Gasteiger partial charge in [0, 0.05) is 31.1 Å². The molecule has 0 unspecified atom stereocenters. The average Bonchev–Trinajstić information content (AvgIpc) is 3.01. The molecule has 1 N–H and O–H groups in total. The highest BCUT2D eigenvalue weighted by Gasteiger charge is 2.19. The van der Waals surface area contributed by atoms with E-state index in [0.29, 0.717) is 18.2 Å². The normalized spacial score (nSPS) is 10.7. The molecule has 0 bridgehead atoms. The third kappa shape index (κ3) is 4.08. The Hall–Kier alpha value is -2.48. The summed E-state index contributed by atoms with van der Waals surface area (Å²) in [7, 11) is 3.44. The van der Waals surface area contributed by atoms with E-state index in [1.165, 1.54) is 17.4 Å². The predicted octanol–water partition coefficient (Wildman–Crippen LogP) is 3.17. The maximum Gasteiger partial charge on any atom is 0.293 e. The molecule has 1 aromatic heterocycles. The largest absolute Gasteiger partial charge is 0.372 e. The van der Waals surface area contributed by atoms with Gasteiger partial charge < -0.3 is 10.2 Å². The van der Waals surface area contributed by atoms with Crippen LogP contribution in [0.2, 0.25) is 0 Å². The van der Waals surface area contributed by atoms with Crippen LogP contribution in [0, 0.1) is 10.1 Å². The summed E-state index contributed by atoms with van der Waals surface area (Å²) in [5.41, 5.74) is 1.62. The topological polar surface area (TPSA) is 88.4 Å². The minimum Gasteiger partial charge on any atom is -0.372 e. The van der Waals surface area contributed by atoms with Gasteiger partial charge in [-0.2, -0.15) is 0 Å². The first-order valence-corrected chi connectivity index (χ1v) is 8.35. The molecular weight excluding hydrogens is 328 g/mol. The van der Waals surface area contributed by atoms with Crippen molar-refractivity contribution in [3.05, 3.63) is 50.0 Å². The SMILES string of the molecule is CC(C)c1csc(CNC(=O)c2ccc(N(C)C)c([N+](=O)[O-])c2)n1. The highest BCUT2D eigenvalue weighted by atomic mass is 32.1. The molecule has 7 nitrogen and oxygen atoms in total. The predicted molar refractivity (Wildman–Crippen MR) is 94.8 cm³/mol. The van der Waals surface area contributed by atoms with Crippen LogP contribution in [-0.4, -0.2) is 29.9 Å². The Bertz CT molecular complexity index is 756. The summed E-state index contributed by atoms with van der Waals surface area (Å²) < 4.78 is 0. The van der Waals surface area contributed by atoms with Crippen molar-refractivity contribution < 1.29 is 9.72 Å². The third-order valence-electron chi connectivity index (χ3n) is 3.48. The average molecular weight is 348 g/mol. The lowest BCUT2D eigenvalue weighted by atomic mass is 10.1. The van der Waals surface area contributed by atoms with Crippen molar-refractivity contribution in [2.75, 3.05) is 19.0 Å². The molecule has 1 aromatic carbocycles. The summed E-state index contributed by atoms with van der Waals surface area (Å²) in [5, 5.41) is 16.7. The van der Waals surface area contributed by atoms with E-state index in [9.17, 15) is 14.9 Å². The Morgan fingerprint density at radius 1 is 1.42 bits per heavy atom. The Morgan fingerprint density at radius 3 is 2.67 bits per heavy atom. The number of anilines is 1. The summed E-state index contributed by atoms with van der Waals surface area (Å²) >= 11 is 1.49. The van der Waals surface area contributed by atoms with Crippen molar-refractivity contribution in [2.24, 2.45) is 0 Å². The summed E-state index contributed by atoms with van der Waals surface area (Å²) in [6.07, 6.45) is 0. The quantitative estimate of drug-likeness (QED) is 0.640. The Balaban J connectivity index is 2.11. The highest BCUT2D eigenvalue weighted by Crippen LogP contribution is 2.27. The van der Waals surface area contributed by atoms with Crippen molar-refractivity contribution in [2.45, 2.75) is 26.3 Å². The second-order valence-corrected chi connectivity index (χ2v) is 6.80. The lowest BCUT2D eigenvalue weighted by Gasteiger charge is -2.13. The van der Waals surface area contributed by atoms with Crippen molar-refractivity contribution in [1.29, 1.82) is 0 Å². The Labute approximate surface area is 144 Å². The molecule has 2 rings (SSSR count). The van der Waals surface area contributed by atoms with E-state index in [2.05, 4.69) is 24.1 Å². The molecule has 1 amide bonds. The standard InChI is InChI=1S/C16H20N4O3S/c1-10(2)12-9-24-15(18-12)8-17-16(21)11-5-6-13(19(3)4)14(7-11)20(22)23/h5-7,9-10H,8H2,1-4H3,(H,17,21). The number of rotatable bonds is 6. The van der Waals surface area contributed by atoms with Crippen LogP contribution in [0.5, 0.6) is 0 Å². The summed E-state index contributed by atoms with van der Waals surface area (Å²) in [6.45, 7) is 4.42. The number of benzene rings is 1. The van der Waals surface area contributed by atoms with Gasteiger partial charge in [0.15, 0.2) is 0 Å². The highest BCUT2D eigenvalue weighted by molar-refractivity contribution is 7.09. The van der Waals surface area contributed by atoms with E-state index in [-0.39, 0.29) is 17.2 Å². The van der Waals surface area contributed by atoms with E-state index >= 15 is 0 Å². The van der Waals surface area contributed by atoms with Gasteiger partial charge in [-0.15, -0.1) is 11.3 Å². The number of thiazole rings is 1. The first-order valence-electron chi connectivity index (χ1n) is 7.48. The molecule has 128 valence electrons. The van der Waals surface area contributed by atoms with Crippen LogP contribution in [-0.2, 0) is 6.54 Å². The molecule has 0 aliphatic carbocycles. The van der Waals surface area contributed by atoms with Gasteiger partial charge in [0.1, 0.15) is 10.7 Å². The lowest BCUT2D eigenvalue weighted by Crippen LogP contribution is -2.23. The minimum atomic E-state index is -0.484. The molecule has 24 heavy (non-hydrogen) atoms. The van der Waals surface area contributed by atoms with Crippen LogP contribution in [0.1, 0.15) is 40.8 Å². The van der Waals surface area contributed by atoms with E-state index in [1.54, 1.807) is 31.1 Å². The second kappa shape index (κ2) is 7.39. The van der Waals surface area contributed by atoms with E-state index in [0.717, 1.165) is 10.7 Å². The Kier molecular flexibility index (Phi) is 5.50. The molecule has 0 aliphatic heterocycles. The number of nitro benzene ring substituents is 1.